The van der Waals surface area contributed by atoms with Crippen molar-refractivity contribution in [3.8, 4) is 5.75 Å². The number of nitrogens with zero attached hydrogens (tertiary/aromatic N) is 1. The highest BCUT2D eigenvalue weighted by atomic mass is 79.9. The van der Waals surface area contributed by atoms with Gasteiger partial charge in [0.05, 0.1) is 6.61 Å². The fourth-order valence-corrected chi connectivity index (χ4v) is 3.62. The molecule has 1 aliphatic carbocycles. The van der Waals surface area contributed by atoms with Crippen molar-refractivity contribution in [2.24, 2.45) is 5.92 Å². The van der Waals surface area contributed by atoms with Crippen molar-refractivity contribution in [3.63, 3.8) is 0 Å². The molecule has 4 nitrogen and oxygen atoms in total. The lowest BCUT2D eigenvalue weighted by atomic mass is 10.1. The van der Waals surface area contributed by atoms with Crippen LogP contribution in [0.25, 0.3) is 10.9 Å². The average Bonchev–Trinajstić information content (AvgIpc) is 3.49. The van der Waals surface area contributed by atoms with E-state index in [0.29, 0.717) is 19.1 Å². The first-order valence-electron chi connectivity index (χ1n) is 9.22. The summed E-state index contributed by atoms with van der Waals surface area (Å²) in [7, 11) is 0. The van der Waals surface area contributed by atoms with Gasteiger partial charge in [0.2, 0.25) is 5.91 Å². The molecule has 1 amide bonds. The summed E-state index contributed by atoms with van der Waals surface area (Å²) in [4.78, 5) is 16.7. The number of carbonyl (C=O) groups excluding carboxylic acids is 1. The second kappa shape index (κ2) is 8.09. The number of amides is 1. The van der Waals surface area contributed by atoms with Gasteiger partial charge in [-0.05, 0) is 48.6 Å². The van der Waals surface area contributed by atoms with Gasteiger partial charge in [-0.3, -0.25) is 9.78 Å². The normalized spacial score (nSPS) is 18.3. The molecule has 0 spiro atoms. The topological polar surface area (TPSA) is 51.2 Å². The highest BCUT2D eigenvalue weighted by Gasteiger charge is 2.43. The Bertz CT molecular complexity index is 937. The summed E-state index contributed by atoms with van der Waals surface area (Å²) in [6.07, 6.45) is 3.48. The van der Waals surface area contributed by atoms with Crippen LogP contribution in [0.1, 0.15) is 24.3 Å². The van der Waals surface area contributed by atoms with E-state index >= 15 is 0 Å². The van der Waals surface area contributed by atoms with Crippen LogP contribution in [-0.4, -0.2) is 24.0 Å². The highest BCUT2D eigenvalue weighted by Crippen LogP contribution is 2.47. The summed E-state index contributed by atoms with van der Waals surface area (Å²) in [5.74, 6) is 1.40. The van der Waals surface area contributed by atoms with E-state index in [-0.39, 0.29) is 11.8 Å². The monoisotopic (exact) mass is 424 g/mol. The molecule has 3 aromatic rings. The molecule has 0 saturated heterocycles. The standard InChI is InChI=1S/C22H21BrN2O2/c23-17-9-7-15(8-10-17)18-14-19(18)22(26)25-12-3-13-27-20-6-1-4-16-5-2-11-24-21(16)20/h1-2,4-11,18-19H,3,12-14H2,(H,25,26). The minimum absolute atomic E-state index is 0.106. The third-order valence-electron chi connectivity index (χ3n) is 4.90. The molecule has 2 atom stereocenters. The zero-order valence-electron chi connectivity index (χ0n) is 14.9. The number of halogens is 1. The van der Waals surface area contributed by atoms with E-state index in [1.165, 1.54) is 5.56 Å². The summed E-state index contributed by atoms with van der Waals surface area (Å²) in [5, 5.41) is 4.10. The summed E-state index contributed by atoms with van der Waals surface area (Å²) in [6.45, 7) is 1.18. The highest BCUT2D eigenvalue weighted by molar-refractivity contribution is 9.10. The molecule has 2 unspecified atom stereocenters. The van der Waals surface area contributed by atoms with Gasteiger partial charge in [-0.25, -0.2) is 0 Å². The summed E-state index contributed by atoms with van der Waals surface area (Å²) in [5.41, 5.74) is 2.12. The Morgan fingerprint density at radius 2 is 1.96 bits per heavy atom. The maximum Gasteiger partial charge on any atom is 0.223 e. The van der Waals surface area contributed by atoms with Gasteiger partial charge in [0, 0.05) is 28.5 Å². The van der Waals surface area contributed by atoms with Gasteiger partial charge < -0.3 is 10.1 Å². The molecule has 1 aliphatic rings. The number of pyridine rings is 1. The second-order valence-corrected chi connectivity index (χ2v) is 7.74. The van der Waals surface area contributed by atoms with Crippen molar-refractivity contribution in [1.82, 2.24) is 10.3 Å². The second-order valence-electron chi connectivity index (χ2n) is 6.82. The van der Waals surface area contributed by atoms with Crippen LogP contribution in [-0.2, 0) is 4.79 Å². The van der Waals surface area contributed by atoms with Crippen LogP contribution >= 0.6 is 15.9 Å². The van der Waals surface area contributed by atoms with Crippen molar-refractivity contribution in [2.45, 2.75) is 18.8 Å². The van der Waals surface area contributed by atoms with Crippen LogP contribution < -0.4 is 10.1 Å². The minimum atomic E-state index is 0.106. The van der Waals surface area contributed by atoms with Crippen molar-refractivity contribution in [1.29, 1.82) is 0 Å². The molecule has 1 fully saturated rings. The first kappa shape index (κ1) is 18.0. The van der Waals surface area contributed by atoms with Crippen LogP contribution in [0.5, 0.6) is 5.75 Å². The summed E-state index contributed by atoms with van der Waals surface area (Å²) < 4.78 is 6.92. The third kappa shape index (κ3) is 4.30. The maximum atomic E-state index is 12.3. The van der Waals surface area contributed by atoms with Crippen LogP contribution in [0.4, 0.5) is 0 Å². The number of para-hydroxylation sites is 1. The molecule has 1 heterocycles. The van der Waals surface area contributed by atoms with Gasteiger partial charge in [-0.2, -0.15) is 0 Å². The molecule has 1 aromatic heterocycles. The number of fused-ring (bicyclic) bond motifs is 1. The van der Waals surface area contributed by atoms with Gasteiger partial charge in [0.25, 0.3) is 0 Å². The number of rotatable bonds is 7. The van der Waals surface area contributed by atoms with Gasteiger partial charge in [-0.1, -0.05) is 46.3 Å². The van der Waals surface area contributed by atoms with Crippen LogP contribution in [0.3, 0.4) is 0 Å². The number of hydrogen-bond donors (Lipinski definition) is 1. The van der Waals surface area contributed by atoms with E-state index in [0.717, 1.165) is 34.0 Å². The molecular formula is C22H21BrN2O2. The fraction of sp³-hybridized carbons (Fsp3) is 0.273. The van der Waals surface area contributed by atoms with Crippen LogP contribution in [0, 0.1) is 5.92 Å². The molecule has 4 rings (SSSR count). The Morgan fingerprint density at radius 3 is 2.81 bits per heavy atom. The number of nitrogens with one attached hydrogen (secondary N) is 1. The van der Waals surface area contributed by atoms with Crippen LogP contribution in [0.2, 0.25) is 0 Å². The summed E-state index contributed by atoms with van der Waals surface area (Å²) in [6, 6.07) is 18.1. The molecule has 0 aliphatic heterocycles. The lowest BCUT2D eigenvalue weighted by Gasteiger charge is -2.09. The number of ether oxygens (including phenoxy) is 1. The van der Waals surface area contributed by atoms with Crippen molar-refractivity contribution in [2.75, 3.05) is 13.2 Å². The number of hydrogen-bond acceptors (Lipinski definition) is 3. The van der Waals surface area contributed by atoms with E-state index in [2.05, 4.69) is 38.4 Å². The van der Waals surface area contributed by atoms with E-state index in [1.807, 2.05) is 42.5 Å². The molecule has 1 N–H and O–H groups in total. The molecule has 0 bridgehead atoms. The Morgan fingerprint density at radius 1 is 1.15 bits per heavy atom. The Hall–Kier alpha value is -2.40. The minimum Gasteiger partial charge on any atom is -0.491 e. The first-order valence-corrected chi connectivity index (χ1v) is 10.0. The lowest BCUT2D eigenvalue weighted by molar-refractivity contribution is -0.122. The molecule has 138 valence electrons. The average molecular weight is 425 g/mol. The maximum absolute atomic E-state index is 12.3. The molecule has 1 saturated carbocycles. The van der Waals surface area contributed by atoms with Gasteiger partial charge in [0.15, 0.2) is 0 Å². The number of carbonyl (C=O) groups is 1. The Labute approximate surface area is 167 Å². The summed E-state index contributed by atoms with van der Waals surface area (Å²) >= 11 is 3.44. The lowest BCUT2D eigenvalue weighted by Crippen LogP contribution is -2.27. The zero-order chi connectivity index (χ0) is 18.6. The Kier molecular flexibility index (Phi) is 5.39. The third-order valence-corrected chi connectivity index (χ3v) is 5.43. The SMILES string of the molecule is O=C(NCCCOc1cccc2cccnc12)C1CC1c1ccc(Br)cc1. The molecule has 27 heavy (non-hydrogen) atoms. The molecule has 2 aromatic carbocycles. The van der Waals surface area contributed by atoms with Gasteiger partial charge >= 0.3 is 0 Å². The molecule has 0 radical (unpaired) electrons. The first-order chi connectivity index (χ1) is 13.2. The smallest absolute Gasteiger partial charge is 0.223 e. The predicted octanol–water partition coefficient (Wildman–Crippen LogP) is 4.69. The predicted molar refractivity (Wildman–Crippen MR) is 110 cm³/mol. The van der Waals surface area contributed by atoms with Crippen molar-refractivity contribution >= 4 is 32.7 Å². The van der Waals surface area contributed by atoms with Crippen molar-refractivity contribution < 1.29 is 9.53 Å². The largest absolute Gasteiger partial charge is 0.491 e. The van der Waals surface area contributed by atoms with Crippen LogP contribution in [0.15, 0.2) is 65.3 Å². The number of aromatic nitrogens is 1. The number of benzene rings is 2. The van der Waals surface area contributed by atoms with Gasteiger partial charge in [-0.15, -0.1) is 0 Å². The van der Waals surface area contributed by atoms with E-state index in [9.17, 15) is 4.79 Å². The molecular weight excluding hydrogens is 404 g/mol. The van der Waals surface area contributed by atoms with E-state index in [1.54, 1.807) is 6.20 Å². The zero-order valence-corrected chi connectivity index (χ0v) is 16.5. The van der Waals surface area contributed by atoms with E-state index < -0.39 is 0 Å². The van der Waals surface area contributed by atoms with Crippen molar-refractivity contribution in [3.05, 3.63) is 70.8 Å². The quantitative estimate of drug-likeness (QED) is 0.559. The Balaban J connectivity index is 1.20. The van der Waals surface area contributed by atoms with E-state index in [4.69, 9.17) is 4.74 Å². The fourth-order valence-electron chi connectivity index (χ4n) is 3.35. The molecule has 5 heteroatoms. The van der Waals surface area contributed by atoms with Gasteiger partial charge in [0.1, 0.15) is 11.3 Å².